The minimum absolute atomic E-state index is 0.0411. The maximum absolute atomic E-state index is 12.1. The van der Waals surface area contributed by atoms with Crippen molar-refractivity contribution in [2.75, 3.05) is 23.7 Å². The van der Waals surface area contributed by atoms with Crippen molar-refractivity contribution in [2.45, 2.75) is 13.3 Å². The molecule has 1 heterocycles. The first-order valence-electron chi connectivity index (χ1n) is 6.38. The van der Waals surface area contributed by atoms with E-state index in [2.05, 4.69) is 10.0 Å². The minimum Gasteiger partial charge on any atom is -0.478 e. The number of carbonyl (C=O) groups excluding carboxylic acids is 1. The number of azide groups is 1. The van der Waals surface area contributed by atoms with E-state index in [4.69, 9.17) is 16.4 Å². The average Bonchev–Trinajstić information content (AvgIpc) is 2.80. The Labute approximate surface area is 120 Å². The molecule has 21 heavy (non-hydrogen) atoms. The van der Waals surface area contributed by atoms with E-state index in [0.29, 0.717) is 23.5 Å². The van der Waals surface area contributed by atoms with Crippen LogP contribution in [0.4, 0.5) is 11.4 Å². The summed E-state index contributed by atoms with van der Waals surface area (Å²) in [6.45, 7) is 2.37. The van der Waals surface area contributed by atoms with Gasteiger partial charge in [0.05, 0.1) is 5.56 Å². The Morgan fingerprint density at radius 1 is 1.62 bits per heavy atom. The number of carboxylic acids is 1. The van der Waals surface area contributed by atoms with Crippen LogP contribution >= 0.6 is 0 Å². The fourth-order valence-corrected chi connectivity index (χ4v) is 2.41. The van der Waals surface area contributed by atoms with Crippen molar-refractivity contribution in [3.8, 4) is 0 Å². The molecule has 110 valence electrons. The summed E-state index contributed by atoms with van der Waals surface area (Å²) in [5, 5.41) is 12.6. The van der Waals surface area contributed by atoms with Crippen LogP contribution in [0.1, 0.15) is 22.3 Å². The summed E-state index contributed by atoms with van der Waals surface area (Å²) in [5.74, 6) is -1.29. The molecule has 1 aromatic rings. The highest BCUT2D eigenvalue weighted by atomic mass is 16.4. The Hall–Kier alpha value is -2.73. The highest BCUT2D eigenvalue weighted by Gasteiger charge is 2.31. The number of benzene rings is 1. The molecule has 0 aromatic heterocycles. The van der Waals surface area contributed by atoms with Crippen LogP contribution in [0, 0.1) is 12.8 Å². The number of hydrogen-bond acceptors (Lipinski definition) is 4. The van der Waals surface area contributed by atoms with E-state index in [1.165, 1.54) is 17.0 Å². The van der Waals surface area contributed by atoms with Crippen LogP contribution < -0.4 is 10.6 Å². The molecule has 1 aliphatic rings. The number of aromatic carboxylic acids is 1. The second-order valence-corrected chi connectivity index (χ2v) is 5.00. The van der Waals surface area contributed by atoms with Gasteiger partial charge in [-0.2, -0.15) is 0 Å². The summed E-state index contributed by atoms with van der Waals surface area (Å²) in [5.41, 5.74) is 15.7. The van der Waals surface area contributed by atoms with E-state index in [-0.39, 0.29) is 30.4 Å². The lowest BCUT2D eigenvalue weighted by Crippen LogP contribution is -2.26. The monoisotopic (exact) mass is 289 g/mol. The van der Waals surface area contributed by atoms with Crippen molar-refractivity contribution in [1.82, 2.24) is 0 Å². The molecule has 1 amide bonds. The highest BCUT2D eigenvalue weighted by Crippen LogP contribution is 2.32. The summed E-state index contributed by atoms with van der Waals surface area (Å²) >= 11 is 0. The zero-order valence-electron chi connectivity index (χ0n) is 11.5. The third kappa shape index (κ3) is 2.90. The Balaban J connectivity index is 2.35. The van der Waals surface area contributed by atoms with Gasteiger partial charge in [0.2, 0.25) is 5.91 Å². The summed E-state index contributed by atoms with van der Waals surface area (Å²) < 4.78 is 0. The molecule has 0 saturated carbocycles. The van der Waals surface area contributed by atoms with E-state index in [9.17, 15) is 9.59 Å². The Bertz CT molecular complexity index is 651. The zero-order valence-corrected chi connectivity index (χ0v) is 11.5. The average molecular weight is 289 g/mol. The molecule has 1 aromatic carbocycles. The van der Waals surface area contributed by atoms with Crippen LogP contribution in [0.5, 0.6) is 0 Å². The number of nitrogens with zero attached hydrogens (tertiary/aromatic N) is 4. The molecule has 1 aliphatic heterocycles. The first kappa shape index (κ1) is 14.7. The summed E-state index contributed by atoms with van der Waals surface area (Å²) in [4.78, 5) is 27.4. The van der Waals surface area contributed by atoms with Crippen molar-refractivity contribution in [3.63, 3.8) is 0 Å². The molecule has 0 radical (unpaired) electrons. The fraction of sp³-hybridized carbons (Fsp3) is 0.385. The van der Waals surface area contributed by atoms with Gasteiger partial charge in [0.15, 0.2) is 0 Å². The lowest BCUT2D eigenvalue weighted by molar-refractivity contribution is -0.117. The number of hydrogen-bond donors (Lipinski definition) is 2. The molecular formula is C13H15N5O3. The van der Waals surface area contributed by atoms with Gasteiger partial charge in [-0.05, 0) is 36.1 Å². The van der Waals surface area contributed by atoms with Gasteiger partial charge >= 0.3 is 5.97 Å². The van der Waals surface area contributed by atoms with Gasteiger partial charge in [0.25, 0.3) is 0 Å². The molecule has 2 rings (SSSR count). The van der Waals surface area contributed by atoms with Gasteiger partial charge in [-0.1, -0.05) is 5.11 Å². The van der Waals surface area contributed by atoms with Crippen molar-refractivity contribution in [3.05, 3.63) is 33.7 Å². The Morgan fingerprint density at radius 3 is 2.95 bits per heavy atom. The van der Waals surface area contributed by atoms with Crippen LogP contribution in [0.3, 0.4) is 0 Å². The first-order valence-corrected chi connectivity index (χ1v) is 6.38. The van der Waals surface area contributed by atoms with Gasteiger partial charge in [0, 0.05) is 35.8 Å². The van der Waals surface area contributed by atoms with E-state index < -0.39 is 5.97 Å². The fourth-order valence-electron chi connectivity index (χ4n) is 2.41. The van der Waals surface area contributed by atoms with Gasteiger partial charge in [0.1, 0.15) is 0 Å². The molecule has 1 fully saturated rings. The maximum atomic E-state index is 12.1. The molecule has 8 nitrogen and oxygen atoms in total. The zero-order chi connectivity index (χ0) is 15.6. The van der Waals surface area contributed by atoms with Gasteiger partial charge in [-0.25, -0.2) is 4.79 Å². The third-order valence-corrected chi connectivity index (χ3v) is 3.57. The number of amides is 1. The standard InChI is InChI=1S/C13H15N5O3/c1-7-10(14)3-9(13(20)21)4-11(7)18-6-8(2-12(18)19)5-16-17-15/h3-4,8H,2,5-6,14H2,1H3,(H,20,21). The molecule has 1 saturated heterocycles. The maximum Gasteiger partial charge on any atom is 0.335 e. The number of carbonyl (C=O) groups is 2. The van der Waals surface area contributed by atoms with E-state index >= 15 is 0 Å². The number of rotatable bonds is 4. The van der Waals surface area contributed by atoms with Crippen LogP contribution in [0.2, 0.25) is 0 Å². The van der Waals surface area contributed by atoms with Gasteiger partial charge < -0.3 is 15.7 Å². The van der Waals surface area contributed by atoms with Crippen molar-refractivity contribution < 1.29 is 14.7 Å². The van der Waals surface area contributed by atoms with Crippen LogP contribution in [-0.2, 0) is 4.79 Å². The molecule has 0 aliphatic carbocycles. The second kappa shape index (κ2) is 5.72. The van der Waals surface area contributed by atoms with Crippen LogP contribution in [0.15, 0.2) is 17.2 Å². The van der Waals surface area contributed by atoms with Gasteiger partial charge in [-0.3, -0.25) is 4.79 Å². The van der Waals surface area contributed by atoms with E-state index in [1.807, 2.05) is 0 Å². The van der Waals surface area contributed by atoms with Crippen LogP contribution in [0.25, 0.3) is 10.4 Å². The Kier molecular flexibility index (Phi) is 4.00. The number of nitrogens with two attached hydrogens (primary N) is 1. The number of nitrogen functional groups attached to an aromatic ring is 1. The largest absolute Gasteiger partial charge is 0.478 e. The molecule has 1 atom stereocenters. The third-order valence-electron chi connectivity index (χ3n) is 3.57. The smallest absolute Gasteiger partial charge is 0.335 e. The molecule has 0 spiro atoms. The lowest BCUT2D eigenvalue weighted by atomic mass is 10.1. The molecule has 0 bridgehead atoms. The normalized spacial score (nSPS) is 17.7. The molecular weight excluding hydrogens is 274 g/mol. The summed E-state index contributed by atoms with van der Waals surface area (Å²) in [7, 11) is 0. The summed E-state index contributed by atoms with van der Waals surface area (Å²) in [6, 6.07) is 2.82. The molecule has 3 N–H and O–H groups in total. The Morgan fingerprint density at radius 2 is 2.33 bits per heavy atom. The van der Waals surface area contributed by atoms with Crippen molar-refractivity contribution in [1.29, 1.82) is 0 Å². The number of anilines is 2. The summed E-state index contributed by atoms with van der Waals surface area (Å²) in [6.07, 6.45) is 0.273. The van der Waals surface area contributed by atoms with E-state index in [1.54, 1.807) is 6.92 Å². The van der Waals surface area contributed by atoms with Gasteiger partial charge in [-0.15, -0.1) is 0 Å². The quantitative estimate of drug-likeness (QED) is 0.379. The minimum atomic E-state index is -1.10. The van der Waals surface area contributed by atoms with Crippen molar-refractivity contribution in [2.24, 2.45) is 11.0 Å². The van der Waals surface area contributed by atoms with E-state index in [0.717, 1.165) is 0 Å². The SMILES string of the molecule is Cc1c(N)cc(C(=O)O)cc1N1CC(CN=[N+]=[N-])CC1=O. The molecule has 8 heteroatoms. The number of carboxylic acid groups (broad SMARTS) is 1. The van der Waals surface area contributed by atoms with Crippen LogP contribution in [-0.4, -0.2) is 30.1 Å². The second-order valence-electron chi connectivity index (χ2n) is 5.00. The molecule has 1 unspecified atom stereocenters. The first-order chi connectivity index (χ1) is 9.93. The lowest BCUT2D eigenvalue weighted by Gasteiger charge is -2.20. The predicted octanol–water partition coefficient (Wildman–Crippen LogP) is 1.94. The highest BCUT2D eigenvalue weighted by molar-refractivity contribution is 5.99. The predicted molar refractivity (Wildman–Crippen MR) is 77.0 cm³/mol. The van der Waals surface area contributed by atoms with Crippen molar-refractivity contribution >= 4 is 23.3 Å². The topological polar surface area (TPSA) is 132 Å².